The van der Waals surface area contributed by atoms with Crippen molar-refractivity contribution in [2.75, 3.05) is 0 Å². The molecular weight excluding hydrogens is 162 g/mol. The molecule has 1 aliphatic carbocycles. The summed E-state index contributed by atoms with van der Waals surface area (Å²) in [5, 5.41) is 4.16. The third-order valence-corrected chi connectivity index (χ3v) is 3.37. The lowest BCUT2D eigenvalue weighted by Crippen LogP contribution is -2.07. The Hall–Kier alpha value is -0.830. The normalized spacial score (nSPS) is 30.4. The quantitative estimate of drug-likeness (QED) is 0.759. The minimum atomic E-state index is 0.354. The van der Waals surface area contributed by atoms with Crippen LogP contribution in [0.4, 0.5) is 0 Å². The molecule has 2 atom stereocenters. The second-order valence-electron chi connectivity index (χ2n) is 4.51. The van der Waals surface area contributed by atoms with Crippen molar-refractivity contribution in [2.45, 2.75) is 32.9 Å². The molecule has 0 aromatic carbocycles. The average molecular weight is 179 g/mol. The Morgan fingerprint density at radius 3 is 2.69 bits per heavy atom. The van der Waals surface area contributed by atoms with Gasteiger partial charge in [0.25, 0.3) is 0 Å². The van der Waals surface area contributed by atoms with E-state index in [2.05, 4.69) is 18.9 Å². The lowest BCUT2D eigenvalue weighted by atomic mass is 10.1. The summed E-state index contributed by atoms with van der Waals surface area (Å²) >= 11 is 0. The summed E-state index contributed by atoms with van der Waals surface area (Å²) in [4.78, 5) is 0. The van der Waals surface area contributed by atoms with Crippen LogP contribution in [-0.4, -0.2) is 15.8 Å². The number of nitrogens with two attached hydrogens (primary N) is 1. The van der Waals surface area contributed by atoms with Crippen LogP contribution in [0.3, 0.4) is 0 Å². The first-order chi connectivity index (χ1) is 6.12. The van der Waals surface area contributed by atoms with E-state index in [0.717, 1.165) is 13.0 Å². The highest BCUT2D eigenvalue weighted by Gasteiger charge is 2.54. The SMILES string of the molecule is CC1(C)[C@H](N)[C@H]1CCn1cccn1. The van der Waals surface area contributed by atoms with E-state index in [9.17, 15) is 0 Å². The van der Waals surface area contributed by atoms with E-state index in [1.165, 1.54) is 0 Å². The number of hydrogen-bond acceptors (Lipinski definition) is 2. The van der Waals surface area contributed by atoms with Gasteiger partial charge in [0.15, 0.2) is 0 Å². The lowest BCUT2D eigenvalue weighted by Gasteiger charge is -2.02. The molecule has 3 nitrogen and oxygen atoms in total. The molecule has 0 unspecified atom stereocenters. The molecule has 0 bridgehead atoms. The molecule has 0 aliphatic heterocycles. The van der Waals surface area contributed by atoms with E-state index in [0.29, 0.717) is 17.4 Å². The van der Waals surface area contributed by atoms with Crippen molar-refractivity contribution < 1.29 is 0 Å². The second kappa shape index (κ2) is 2.84. The van der Waals surface area contributed by atoms with E-state index < -0.39 is 0 Å². The van der Waals surface area contributed by atoms with Gasteiger partial charge in [-0.25, -0.2) is 0 Å². The highest BCUT2D eigenvalue weighted by atomic mass is 15.3. The molecule has 1 saturated carbocycles. The Morgan fingerprint density at radius 1 is 1.54 bits per heavy atom. The number of aryl methyl sites for hydroxylation is 1. The molecule has 72 valence electrons. The molecule has 0 spiro atoms. The van der Waals surface area contributed by atoms with Gasteiger partial charge in [0.2, 0.25) is 0 Å². The van der Waals surface area contributed by atoms with Crippen LogP contribution in [0.15, 0.2) is 18.5 Å². The summed E-state index contributed by atoms with van der Waals surface area (Å²) in [5.74, 6) is 0.678. The molecule has 1 aromatic heterocycles. The zero-order chi connectivity index (χ0) is 9.47. The fourth-order valence-electron chi connectivity index (χ4n) is 2.04. The second-order valence-corrected chi connectivity index (χ2v) is 4.51. The fraction of sp³-hybridized carbons (Fsp3) is 0.700. The smallest absolute Gasteiger partial charge is 0.0489 e. The predicted octanol–water partition coefficient (Wildman–Crippen LogP) is 1.26. The topological polar surface area (TPSA) is 43.8 Å². The Bertz CT molecular complexity index is 276. The standard InChI is InChI=1S/C10H17N3/c1-10(2)8(9(10)11)4-7-13-6-3-5-12-13/h3,5-6,8-9H,4,7,11H2,1-2H3/t8-,9-/m1/s1. The number of nitrogens with zero attached hydrogens (tertiary/aromatic N) is 2. The lowest BCUT2D eigenvalue weighted by molar-refractivity contribution is 0.477. The summed E-state index contributed by atoms with van der Waals surface area (Å²) in [6, 6.07) is 2.35. The zero-order valence-electron chi connectivity index (χ0n) is 8.27. The van der Waals surface area contributed by atoms with Crippen LogP contribution < -0.4 is 5.73 Å². The molecule has 2 N–H and O–H groups in total. The first-order valence-electron chi connectivity index (χ1n) is 4.85. The third-order valence-electron chi connectivity index (χ3n) is 3.37. The van der Waals surface area contributed by atoms with E-state index >= 15 is 0 Å². The third kappa shape index (κ3) is 1.48. The van der Waals surface area contributed by atoms with Gasteiger partial charge in [-0.3, -0.25) is 4.68 Å². The maximum absolute atomic E-state index is 5.95. The minimum Gasteiger partial charge on any atom is -0.327 e. The molecular formula is C10H17N3. The van der Waals surface area contributed by atoms with E-state index in [1.807, 2.05) is 23.1 Å². The largest absolute Gasteiger partial charge is 0.327 e. The van der Waals surface area contributed by atoms with Gasteiger partial charge in [-0.15, -0.1) is 0 Å². The highest BCUT2D eigenvalue weighted by Crippen LogP contribution is 2.52. The molecule has 1 aliphatic rings. The highest BCUT2D eigenvalue weighted by molar-refractivity contribution is 5.08. The predicted molar refractivity (Wildman–Crippen MR) is 52.1 cm³/mol. The summed E-state index contributed by atoms with van der Waals surface area (Å²) in [6.07, 6.45) is 4.97. The zero-order valence-corrected chi connectivity index (χ0v) is 8.27. The van der Waals surface area contributed by atoms with Gasteiger partial charge in [-0.1, -0.05) is 13.8 Å². The monoisotopic (exact) mass is 179 g/mol. The molecule has 0 radical (unpaired) electrons. The van der Waals surface area contributed by atoms with Gasteiger partial charge in [0.05, 0.1) is 0 Å². The average Bonchev–Trinajstić information content (AvgIpc) is 2.57. The maximum Gasteiger partial charge on any atom is 0.0489 e. The van der Waals surface area contributed by atoms with Crippen molar-refractivity contribution in [3.63, 3.8) is 0 Å². The summed E-state index contributed by atoms with van der Waals surface area (Å²) < 4.78 is 1.97. The number of aromatic nitrogens is 2. The maximum atomic E-state index is 5.95. The van der Waals surface area contributed by atoms with Crippen LogP contribution in [0.2, 0.25) is 0 Å². The van der Waals surface area contributed by atoms with Gasteiger partial charge in [0.1, 0.15) is 0 Å². The van der Waals surface area contributed by atoms with Gasteiger partial charge in [-0.05, 0) is 23.8 Å². The Kier molecular flexibility index (Phi) is 1.91. The Balaban J connectivity index is 1.83. The van der Waals surface area contributed by atoms with Crippen molar-refractivity contribution >= 4 is 0 Å². The van der Waals surface area contributed by atoms with Crippen LogP contribution in [0.25, 0.3) is 0 Å². The van der Waals surface area contributed by atoms with Gasteiger partial charge >= 0.3 is 0 Å². The molecule has 0 amide bonds. The van der Waals surface area contributed by atoms with Gasteiger partial charge in [-0.2, -0.15) is 5.10 Å². The van der Waals surface area contributed by atoms with E-state index in [-0.39, 0.29) is 0 Å². The minimum absolute atomic E-state index is 0.354. The first-order valence-corrected chi connectivity index (χ1v) is 4.85. The summed E-state index contributed by atoms with van der Waals surface area (Å²) in [5.41, 5.74) is 6.31. The van der Waals surface area contributed by atoms with Crippen LogP contribution in [-0.2, 0) is 6.54 Å². The first kappa shape index (κ1) is 8.75. The van der Waals surface area contributed by atoms with Crippen LogP contribution >= 0.6 is 0 Å². The van der Waals surface area contributed by atoms with Crippen LogP contribution in [0, 0.1) is 11.3 Å². The van der Waals surface area contributed by atoms with E-state index in [4.69, 9.17) is 5.73 Å². The molecule has 0 saturated heterocycles. The van der Waals surface area contributed by atoms with E-state index in [1.54, 1.807) is 0 Å². The van der Waals surface area contributed by atoms with Crippen molar-refractivity contribution in [2.24, 2.45) is 17.1 Å². The molecule has 1 aromatic rings. The van der Waals surface area contributed by atoms with Gasteiger partial charge < -0.3 is 5.73 Å². The number of rotatable bonds is 3. The molecule has 1 heterocycles. The Morgan fingerprint density at radius 2 is 2.23 bits per heavy atom. The summed E-state index contributed by atoms with van der Waals surface area (Å²) in [7, 11) is 0. The molecule has 13 heavy (non-hydrogen) atoms. The molecule has 1 fully saturated rings. The summed E-state index contributed by atoms with van der Waals surface area (Å²) in [6.45, 7) is 5.48. The van der Waals surface area contributed by atoms with Crippen LogP contribution in [0.1, 0.15) is 20.3 Å². The fourth-order valence-corrected chi connectivity index (χ4v) is 2.04. The van der Waals surface area contributed by atoms with Crippen molar-refractivity contribution in [3.05, 3.63) is 18.5 Å². The molecule has 2 rings (SSSR count). The van der Waals surface area contributed by atoms with Crippen molar-refractivity contribution in [3.8, 4) is 0 Å². The Labute approximate surface area is 78.9 Å². The number of hydrogen-bond donors (Lipinski definition) is 1. The van der Waals surface area contributed by atoms with Crippen molar-refractivity contribution in [1.82, 2.24) is 9.78 Å². The van der Waals surface area contributed by atoms with Gasteiger partial charge in [0, 0.05) is 25.0 Å². The molecule has 3 heteroatoms. The van der Waals surface area contributed by atoms with Crippen LogP contribution in [0.5, 0.6) is 0 Å². The van der Waals surface area contributed by atoms with Crippen molar-refractivity contribution in [1.29, 1.82) is 0 Å².